The molecule has 7 heteroatoms. The van der Waals surface area contributed by atoms with E-state index in [-0.39, 0.29) is 17.9 Å². The van der Waals surface area contributed by atoms with Crippen LogP contribution >= 0.6 is 11.3 Å². The number of benzene rings is 1. The maximum absolute atomic E-state index is 13.5. The zero-order chi connectivity index (χ0) is 19.0. The van der Waals surface area contributed by atoms with Gasteiger partial charge in [-0.2, -0.15) is 0 Å². The summed E-state index contributed by atoms with van der Waals surface area (Å²) in [5.74, 6) is 0.0140. The Morgan fingerprint density at radius 2 is 2.00 bits per heavy atom. The molecule has 0 unspecified atom stereocenters. The van der Waals surface area contributed by atoms with E-state index >= 15 is 0 Å². The molecule has 0 fully saturated rings. The molecule has 27 heavy (non-hydrogen) atoms. The lowest BCUT2D eigenvalue weighted by Gasteiger charge is -2.15. The number of thiophene rings is 1. The first kappa shape index (κ1) is 18.1. The number of rotatable bonds is 4. The Morgan fingerprint density at radius 3 is 2.74 bits per heavy atom. The van der Waals surface area contributed by atoms with Crippen LogP contribution in [0.25, 0.3) is 15.9 Å². The summed E-state index contributed by atoms with van der Waals surface area (Å²) < 4.78 is 14.9. The summed E-state index contributed by atoms with van der Waals surface area (Å²) in [5, 5.41) is 13.4. The van der Waals surface area contributed by atoms with Gasteiger partial charge in [-0.3, -0.25) is 4.79 Å². The minimum atomic E-state index is -0.584. The molecule has 1 aromatic carbocycles. The fraction of sp³-hybridized carbons (Fsp3) is 0.400. The zero-order valence-corrected chi connectivity index (χ0v) is 16.0. The standard InChI is InChI=1S/C20H22FN3O2S/c1-12(25)11-22-20-23-18-17(15-5-3-2-4-6-16(15)27-18)19(26)24(20)14-9-7-13(21)8-10-14/h7-10,12,25H,2-6,11H2,1H3,(H,22,23)/t12-/m1/s1. The van der Waals surface area contributed by atoms with E-state index in [0.717, 1.165) is 36.1 Å². The van der Waals surface area contributed by atoms with E-state index in [2.05, 4.69) is 5.32 Å². The van der Waals surface area contributed by atoms with Crippen molar-refractivity contribution in [3.05, 3.63) is 50.9 Å². The third-order valence-electron chi connectivity index (χ3n) is 4.88. The predicted molar refractivity (Wildman–Crippen MR) is 107 cm³/mol. The van der Waals surface area contributed by atoms with E-state index in [1.807, 2.05) is 0 Å². The molecule has 2 N–H and O–H groups in total. The van der Waals surface area contributed by atoms with Crippen LogP contribution in [0.15, 0.2) is 29.1 Å². The smallest absolute Gasteiger partial charge is 0.268 e. The van der Waals surface area contributed by atoms with Crippen LogP contribution in [0.1, 0.15) is 36.6 Å². The summed E-state index contributed by atoms with van der Waals surface area (Å²) in [6.07, 6.45) is 4.70. The molecule has 1 aliphatic rings. The van der Waals surface area contributed by atoms with E-state index in [4.69, 9.17) is 4.98 Å². The molecule has 2 heterocycles. The molecule has 0 saturated carbocycles. The fourth-order valence-corrected chi connectivity index (χ4v) is 4.82. The first-order valence-electron chi connectivity index (χ1n) is 9.30. The molecular weight excluding hydrogens is 365 g/mol. The summed E-state index contributed by atoms with van der Waals surface area (Å²) in [6, 6.07) is 5.81. The fourth-order valence-electron chi connectivity index (χ4n) is 3.57. The van der Waals surface area contributed by atoms with Gasteiger partial charge in [-0.05, 0) is 62.4 Å². The van der Waals surface area contributed by atoms with Gasteiger partial charge in [0.1, 0.15) is 10.6 Å². The number of anilines is 1. The summed E-state index contributed by atoms with van der Waals surface area (Å²) in [5.41, 5.74) is 1.54. The van der Waals surface area contributed by atoms with Gasteiger partial charge in [-0.25, -0.2) is 13.9 Å². The lowest BCUT2D eigenvalue weighted by atomic mass is 10.1. The molecule has 0 saturated heterocycles. The van der Waals surface area contributed by atoms with Gasteiger partial charge in [0.2, 0.25) is 5.95 Å². The van der Waals surface area contributed by atoms with Crippen LogP contribution in [-0.4, -0.2) is 27.3 Å². The Bertz CT molecular complexity index is 1020. The van der Waals surface area contributed by atoms with Gasteiger partial charge in [0.15, 0.2) is 0 Å². The Kier molecular flexibility index (Phi) is 4.97. The van der Waals surface area contributed by atoms with Crippen LogP contribution in [0, 0.1) is 5.82 Å². The van der Waals surface area contributed by atoms with Gasteiger partial charge in [-0.15, -0.1) is 11.3 Å². The van der Waals surface area contributed by atoms with E-state index in [1.54, 1.807) is 30.4 Å². The summed E-state index contributed by atoms with van der Waals surface area (Å²) in [7, 11) is 0. The number of aromatic nitrogens is 2. The van der Waals surface area contributed by atoms with Crippen LogP contribution in [0.3, 0.4) is 0 Å². The maximum Gasteiger partial charge on any atom is 0.268 e. The van der Waals surface area contributed by atoms with Gasteiger partial charge in [-0.1, -0.05) is 6.42 Å². The first-order chi connectivity index (χ1) is 13.0. The Hall–Kier alpha value is -2.25. The van der Waals surface area contributed by atoms with Gasteiger partial charge in [0.25, 0.3) is 5.56 Å². The highest BCUT2D eigenvalue weighted by Crippen LogP contribution is 2.34. The van der Waals surface area contributed by atoms with Crippen LogP contribution in [-0.2, 0) is 12.8 Å². The van der Waals surface area contributed by atoms with Crippen molar-refractivity contribution in [1.82, 2.24) is 9.55 Å². The number of nitrogens with zero attached hydrogens (tertiary/aromatic N) is 2. The molecule has 5 nitrogen and oxygen atoms in total. The van der Waals surface area contributed by atoms with Gasteiger partial charge >= 0.3 is 0 Å². The van der Waals surface area contributed by atoms with Crippen LogP contribution in [0.4, 0.5) is 10.3 Å². The molecule has 4 rings (SSSR count). The molecule has 3 aromatic rings. The molecular formula is C20H22FN3O2S. The number of aliphatic hydroxyl groups is 1. The highest BCUT2D eigenvalue weighted by molar-refractivity contribution is 7.18. The van der Waals surface area contributed by atoms with Crippen molar-refractivity contribution in [2.24, 2.45) is 0 Å². The molecule has 142 valence electrons. The monoisotopic (exact) mass is 387 g/mol. The molecule has 1 atom stereocenters. The van der Waals surface area contributed by atoms with Crippen LogP contribution in [0.5, 0.6) is 0 Å². The van der Waals surface area contributed by atoms with E-state index in [0.29, 0.717) is 17.0 Å². The molecule has 0 aliphatic heterocycles. The summed E-state index contributed by atoms with van der Waals surface area (Å²) >= 11 is 1.60. The van der Waals surface area contributed by atoms with Crippen molar-refractivity contribution in [3.63, 3.8) is 0 Å². The molecule has 1 aliphatic carbocycles. The molecule has 0 bridgehead atoms. The van der Waals surface area contributed by atoms with Crippen molar-refractivity contribution in [2.45, 2.75) is 45.1 Å². The topological polar surface area (TPSA) is 67.2 Å². The number of hydrogen-bond donors (Lipinski definition) is 2. The van der Waals surface area contributed by atoms with E-state index < -0.39 is 6.10 Å². The molecule has 0 amide bonds. The van der Waals surface area contributed by atoms with Crippen molar-refractivity contribution in [2.75, 3.05) is 11.9 Å². The van der Waals surface area contributed by atoms with Crippen molar-refractivity contribution in [1.29, 1.82) is 0 Å². The van der Waals surface area contributed by atoms with Gasteiger partial charge < -0.3 is 10.4 Å². The maximum atomic E-state index is 13.5. The average Bonchev–Trinajstić information content (AvgIpc) is 2.82. The van der Waals surface area contributed by atoms with Gasteiger partial charge in [0.05, 0.1) is 17.2 Å². The second-order valence-corrected chi connectivity index (χ2v) is 8.11. The zero-order valence-electron chi connectivity index (χ0n) is 15.2. The second kappa shape index (κ2) is 7.40. The lowest BCUT2D eigenvalue weighted by molar-refractivity contribution is 0.208. The highest BCUT2D eigenvalue weighted by atomic mass is 32.1. The van der Waals surface area contributed by atoms with Crippen molar-refractivity contribution in [3.8, 4) is 5.69 Å². The lowest BCUT2D eigenvalue weighted by Crippen LogP contribution is -2.26. The number of fused-ring (bicyclic) bond motifs is 3. The van der Waals surface area contributed by atoms with Crippen molar-refractivity contribution < 1.29 is 9.50 Å². The largest absolute Gasteiger partial charge is 0.392 e. The SMILES string of the molecule is C[C@@H](O)CNc1nc2sc3c(c2c(=O)n1-c1ccc(F)cc1)CCCCC3. The molecule has 2 aromatic heterocycles. The predicted octanol–water partition coefficient (Wildman–Crippen LogP) is 3.65. The Labute approximate surface area is 160 Å². The van der Waals surface area contributed by atoms with Crippen molar-refractivity contribution >= 4 is 27.5 Å². The van der Waals surface area contributed by atoms with E-state index in [9.17, 15) is 14.3 Å². The number of halogens is 1. The van der Waals surface area contributed by atoms with Crippen LogP contribution < -0.4 is 10.9 Å². The minimum Gasteiger partial charge on any atom is -0.392 e. The molecule has 0 spiro atoms. The quantitative estimate of drug-likeness (QED) is 0.671. The Balaban J connectivity index is 1.95. The van der Waals surface area contributed by atoms with E-state index in [1.165, 1.54) is 28.0 Å². The van der Waals surface area contributed by atoms with Gasteiger partial charge in [0, 0.05) is 11.4 Å². The average molecular weight is 387 g/mol. The Morgan fingerprint density at radius 1 is 1.26 bits per heavy atom. The number of aliphatic hydroxyl groups excluding tert-OH is 1. The number of nitrogens with one attached hydrogen (secondary N) is 1. The normalized spacial score (nSPS) is 15.4. The number of aryl methyl sites for hydroxylation is 2. The minimum absolute atomic E-state index is 0.140. The second-order valence-electron chi connectivity index (χ2n) is 7.03. The highest BCUT2D eigenvalue weighted by Gasteiger charge is 2.22. The molecule has 0 radical (unpaired) electrons. The third kappa shape index (κ3) is 3.49. The first-order valence-corrected chi connectivity index (χ1v) is 10.1. The number of hydrogen-bond acceptors (Lipinski definition) is 5. The third-order valence-corrected chi connectivity index (χ3v) is 6.07. The van der Waals surface area contributed by atoms with Crippen LogP contribution in [0.2, 0.25) is 0 Å². The summed E-state index contributed by atoms with van der Waals surface area (Å²) in [6.45, 7) is 1.93. The summed E-state index contributed by atoms with van der Waals surface area (Å²) in [4.78, 5) is 20.2.